The number of nitrogens with one attached hydrogen (secondary N) is 2. The van der Waals surface area contributed by atoms with Gasteiger partial charge in [0.2, 0.25) is 0 Å². The molecule has 0 aliphatic carbocycles. The minimum absolute atomic E-state index is 0.467. The van der Waals surface area contributed by atoms with Crippen LogP contribution in [0.5, 0.6) is 0 Å². The fourth-order valence-corrected chi connectivity index (χ4v) is 1.85. The number of hydrazone groups is 1. The summed E-state index contributed by atoms with van der Waals surface area (Å²) in [7, 11) is 0. The molecular weight excluding hydrogens is 254 g/mol. The maximum Gasteiger partial charge on any atom is 0.187 e. The van der Waals surface area contributed by atoms with E-state index >= 15 is 0 Å². The van der Waals surface area contributed by atoms with Crippen LogP contribution in [0.1, 0.15) is 10.6 Å². The van der Waals surface area contributed by atoms with Crippen LogP contribution in [0.15, 0.2) is 45.4 Å². The monoisotopic (exact) mass is 265 g/mol. The van der Waals surface area contributed by atoms with Crippen LogP contribution in [-0.4, -0.2) is 11.3 Å². The van der Waals surface area contributed by atoms with Gasteiger partial charge in [-0.05, 0) is 35.8 Å². The third-order valence-electron chi connectivity index (χ3n) is 1.90. The van der Waals surface area contributed by atoms with Crippen molar-refractivity contribution >= 4 is 34.9 Å². The zero-order valence-electron chi connectivity index (χ0n) is 8.92. The van der Waals surface area contributed by atoms with Crippen LogP contribution < -0.4 is 10.7 Å². The van der Waals surface area contributed by atoms with E-state index in [-0.39, 0.29) is 0 Å². The van der Waals surface area contributed by atoms with Gasteiger partial charge < -0.3 is 9.73 Å². The van der Waals surface area contributed by atoms with Crippen LogP contribution in [-0.2, 0) is 6.54 Å². The lowest BCUT2D eigenvalue weighted by molar-refractivity contribution is 0.502. The summed E-state index contributed by atoms with van der Waals surface area (Å²) in [6, 6.07) is 7.67. The largest absolute Gasteiger partial charge is 0.467 e. The van der Waals surface area contributed by atoms with Gasteiger partial charge in [-0.15, -0.1) is 11.3 Å². The second-order valence-electron chi connectivity index (χ2n) is 3.15. The Bertz CT molecular complexity index is 477. The highest BCUT2D eigenvalue weighted by molar-refractivity contribution is 7.80. The number of thiophene rings is 1. The van der Waals surface area contributed by atoms with Crippen molar-refractivity contribution in [3.63, 3.8) is 0 Å². The van der Waals surface area contributed by atoms with Gasteiger partial charge in [0.05, 0.1) is 19.0 Å². The Morgan fingerprint density at radius 3 is 3.12 bits per heavy atom. The molecule has 0 spiro atoms. The van der Waals surface area contributed by atoms with Gasteiger partial charge >= 0.3 is 0 Å². The zero-order chi connectivity index (χ0) is 11.9. The second kappa shape index (κ2) is 6.17. The molecule has 0 aromatic carbocycles. The van der Waals surface area contributed by atoms with Crippen molar-refractivity contribution < 1.29 is 4.42 Å². The average molecular weight is 265 g/mol. The Morgan fingerprint density at radius 1 is 1.47 bits per heavy atom. The number of hydrogen-bond acceptors (Lipinski definition) is 4. The molecule has 0 amide bonds. The van der Waals surface area contributed by atoms with E-state index in [2.05, 4.69) is 15.8 Å². The molecule has 0 saturated carbocycles. The van der Waals surface area contributed by atoms with E-state index in [1.54, 1.807) is 23.8 Å². The van der Waals surface area contributed by atoms with Crippen LogP contribution in [0.3, 0.4) is 0 Å². The molecule has 2 aromatic rings. The van der Waals surface area contributed by atoms with Gasteiger partial charge in [-0.2, -0.15) is 5.10 Å². The first kappa shape index (κ1) is 11.8. The molecule has 0 saturated heterocycles. The van der Waals surface area contributed by atoms with Gasteiger partial charge in [0.25, 0.3) is 0 Å². The van der Waals surface area contributed by atoms with Gasteiger partial charge in [-0.25, -0.2) is 0 Å². The Hall–Kier alpha value is -1.66. The zero-order valence-corrected chi connectivity index (χ0v) is 10.6. The first-order chi connectivity index (χ1) is 8.34. The fraction of sp³-hybridized carbons (Fsp3) is 0.0909. The van der Waals surface area contributed by atoms with Crippen LogP contribution in [0, 0.1) is 0 Å². The van der Waals surface area contributed by atoms with Crippen molar-refractivity contribution in [2.24, 2.45) is 5.10 Å². The smallest absolute Gasteiger partial charge is 0.187 e. The van der Waals surface area contributed by atoms with Crippen molar-refractivity contribution in [2.75, 3.05) is 0 Å². The molecule has 17 heavy (non-hydrogen) atoms. The summed E-state index contributed by atoms with van der Waals surface area (Å²) < 4.78 is 5.16. The first-order valence-electron chi connectivity index (χ1n) is 4.97. The number of furan rings is 1. The Kier molecular flexibility index (Phi) is 4.29. The lowest BCUT2D eigenvalue weighted by atomic mass is 10.4. The molecule has 0 bridgehead atoms. The fourth-order valence-electron chi connectivity index (χ4n) is 1.14. The van der Waals surface area contributed by atoms with Crippen molar-refractivity contribution in [2.45, 2.75) is 6.54 Å². The van der Waals surface area contributed by atoms with Crippen LogP contribution in [0.2, 0.25) is 0 Å². The van der Waals surface area contributed by atoms with Crippen LogP contribution >= 0.6 is 23.6 Å². The number of thiocarbonyl (C=S) groups is 1. The molecule has 2 heterocycles. The second-order valence-corrected chi connectivity index (χ2v) is 4.53. The average Bonchev–Trinajstić information content (AvgIpc) is 2.99. The molecule has 4 nitrogen and oxygen atoms in total. The van der Waals surface area contributed by atoms with Gasteiger partial charge in [0, 0.05) is 4.88 Å². The summed E-state index contributed by atoms with van der Waals surface area (Å²) in [5.74, 6) is 0.830. The van der Waals surface area contributed by atoms with Gasteiger partial charge in [0.1, 0.15) is 5.76 Å². The minimum atomic E-state index is 0.467. The normalized spacial score (nSPS) is 10.6. The molecule has 2 aromatic heterocycles. The van der Waals surface area contributed by atoms with Crippen molar-refractivity contribution in [3.8, 4) is 0 Å². The molecule has 0 aliphatic rings. The third-order valence-corrected chi connectivity index (χ3v) is 2.95. The molecule has 2 rings (SSSR count). The van der Waals surface area contributed by atoms with Crippen molar-refractivity contribution in [1.82, 2.24) is 10.7 Å². The van der Waals surface area contributed by atoms with E-state index in [0.29, 0.717) is 11.7 Å². The predicted molar refractivity (Wildman–Crippen MR) is 73.2 cm³/mol. The number of hydrogen-bond donors (Lipinski definition) is 2. The highest BCUT2D eigenvalue weighted by atomic mass is 32.1. The van der Waals surface area contributed by atoms with Crippen molar-refractivity contribution in [1.29, 1.82) is 0 Å². The molecule has 6 heteroatoms. The number of nitrogens with zero attached hydrogens (tertiary/aromatic N) is 1. The van der Waals surface area contributed by atoms with Crippen LogP contribution in [0.25, 0.3) is 0 Å². The Morgan fingerprint density at radius 2 is 2.41 bits per heavy atom. The maximum atomic E-state index is 5.16. The summed E-state index contributed by atoms with van der Waals surface area (Å²) in [6.45, 7) is 0.549. The summed E-state index contributed by atoms with van der Waals surface area (Å²) in [4.78, 5) is 1.08. The molecule has 0 atom stereocenters. The highest BCUT2D eigenvalue weighted by Crippen LogP contribution is 2.04. The predicted octanol–water partition coefficient (Wildman–Crippen LogP) is 2.34. The first-order valence-corrected chi connectivity index (χ1v) is 6.26. The highest BCUT2D eigenvalue weighted by Gasteiger charge is 1.96. The SMILES string of the molecule is S=C(NCc1ccco1)N/N=C/c1cccs1. The summed E-state index contributed by atoms with van der Waals surface area (Å²) in [6.07, 6.45) is 3.36. The minimum Gasteiger partial charge on any atom is -0.467 e. The molecule has 0 unspecified atom stereocenters. The van der Waals surface area contributed by atoms with Gasteiger partial charge in [-0.3, -0.25) is 5.43 Å². The molecular formula is C11H11N3OS2. The topological polar surface area (TPSA) is 49.6 Å². The van der Waals surface area contributed by atoms with Crippen LogP contribution in [0.4, 0.5) is 0 Å². The van der Waals surface area contributed by atoms with E-state index in [1.807, 2.05) is 29.6 Å². The Balaban J connectivity index is 1.71. The van der Waals surface area contributed by atoms with E-state index in [4.69, 9.17) is 16.6 Å². The van der Waals surface area contributed by atoms with E-state index in [1.165, 1.54) is 0 Å². The molecule has 0 fully saturated rings. The molecule has 0 radical (unpaired) electrons. The summed E-state index contributed by atoms with van der Waals surface area (Å²) in [5.41, 5.74) is 2.74. The van der Waals surface area contributed by atoms with Gasteiger partial charge in [0.15, 0.2) is 5.11 Å². The van der Waals surface area contributed by atoms with E-state index < -0.39 is 0 Å². The van der Waals surface area contributed by atoms with Gasteiger partial charge in [-0.1, -0.05) is 6.07 Å². The third kappa shape index (κ3) is 4.01. The van der Waals surface area contributed by atoms with Crippen molar-refractivity contribution in [3.05, 3.63) is 46.5 Å². The lowest BCUT2D eigenvalue weighted by Crippen LogP contribution is -2.31. The summed E-state index contributed by atoms with van der Waals surface area (Å²) in [5, 5.41) is 9.46. The molecule has 2 N–H and O–H groups in total. The maximum absolute atomic E-state index is 5.16. The van der Waals surface area contributed by atoms with E-state index in [0.717, 1.165) is 10.6 Å². The quantitative estimate of drug-likeness (QED) is 0.506. The summed E-state index contributed by atoms with van der Waals surface area (Å²) >= 11 is 6.67. The Labute approximate surface area is 108 Å². The lowest BCUT2D eigenvalue weighted by Gasteiger charge is -2.04. The molecule has 88 valence electrons. The molecule has 0 aliphatic heterocycles. The standard InChI is InChI=1S/C11H11N3OS2/c16-11(12-7-9-3-1-5-15-9)14-13-8-10-4-2-6-17-10/h1-6,8H,7H2,(H2,12,14,16)/b13-8+. The number of rotatable bonds is 4. The van der Waals surface area contributed by atoms with E-state index in [9.17, 15) is 0 Å².